The van der Waals surface area contributed by atoms with Crippen LogP contribution >= 0.6 is 0 Å². The minimum atomic E-state index is 0.0658. The molecule has 20 heavy (non-hydrogen) atoms. The number of hydrogen-bond donors (Lipinski definition) is 1. The number of carbonyl (C=O) groups is 1. The van der Waals surface area contributed by atoms with Gasteiger partial charge in [-0.1, -0.05) is 52.2 Å². The Balaban J connectivity index is 1.89. The largest absolute Gasteiger partial charge is 0.352 e. The minimum absolute atomic E-state index is 0.0658. The van der Waals surface area contributed by atoms with Gasteiger partial charge in [-0.25, -0.2) is 0 Å². The molecule has 1 fully saturated rings. The van der Waals surface area contributed by atoms with Gasteiger partial charge < -0.3 is 5.32 Å². The molecule has 2 heteroatoms. The van der Waals surface area contributed by atoms with E-state index in [4.69, 9.17) is 0 Å². The van der Waals surface area contributed by atoms with E-state index in [1.54, 1.807) is 0 Å². The molecule has 0 saturated heterocycles. The van der Waals surface area contributed by atoms with E-state index < -0.39 is 0 Å². The first-order valence-corrected chi connectivity index (χ1v) is 7.85. The van der Waals surface area contributed by atoms with E-state index in [2.05, 4.69) is 38.2 Å². The van der Waals surface area contributed by atoms with Crippen molar-refractivity contribution in [2.45, 2.75) is 58.3 Å². The number of rotatable bonds is 3. The molecule has 110 valence electrons. The molecular weight excluding hydrogens is 246 g/mol. The van der Waals surface area contributed by atoms with E-state index in [0.29, 0.717) is 5.92 Å². The highest BCUT2D eigenvalue weighted by molar-refractivity contribution is 5.94. The Bertz CT molecular complexity index is 435. The molecule has 2 nitrogen and oxygen atoms in total. The summed E-state index contributed by atoms with van der Waals surface area (Å²) in [5.41, 5.74) is 2.17. The van der Waals surface area contributed by atoms with E-state index in [1.165, 1.54) is 37.7 Å². The van der Waals surface area contributed by atoms with Gasteiger partial charge >= 0.3 is 0 Å². The third-order valence-corrected chi connectivity index (χ3v) is 4.29. The fourth-order valence-electron chi connectivity index (χ4n) is 2.85. The normalized spacial score (nSPS) is 16.9. The van der Waals surface area contributed by atoms with Gasteiger partial charge in [-0.15, -0.1) is 0 Å². The van der Waals surface area contributed by atoms with Crippen molar-refractivity contribution in [1.82, 2.24) is 5.32 Å². The molecular formula is C18H27NO. The van der Waals surface area contributed by atoms with Crippen LogP contribution in [0.15, 0.2) is 24.3 Å². The number of hydrogen-bond acceptors (Lipinski definition) is 1. The van der Waals surface area contributed by atoms with E-state index in [-0.39, 0.29) is 11.3 Å². The fourth-order valence-corrected chi connectivity index (χ4v) is 2.85. The Morgan fingerprint density at radius 3 is 2.25 bits per heavy atom. The highest BCUT2D eigenvalue weighted by atomic mass is 16.1. The third kappa shape index (κ3) is 4.09. The average molecular weight is 273 g/mol. The first-order chi connectivity index (χ1) is 9.47. The molecule has 1 amide bonds. The van der Waals surface area contributed by atoms with Gasteiger partial charge in [-0.2, -0.15) is 0 Å². The summed E-state index contributed by atoms with van der Waals surface area (Å²) in [6, 6.07) is 8.01. The van der Waals surface area contributed by atoms with Crippen molar-refractivity contribution < 1.29 is 4.79 Å². The van der Waals surface area contributed by atoms with Gasteiger partial charge in [0, 0.05) is 12.1 Å². The second kappa shape index (κ2) is 6.43. The maximum atomic E-state index is 12.1. The Hall–Kier alpha value is -1.31. The molecule has 1 aromatic carbocycles. The molecule has 2 rings (SSSR count). The van der Waals surface area contributed by atoms with Crippen molar-refractivity contribution in [3.8, 4) is 0 Å². The number of amides is 1. The highest BCUT2D eigenvalue weighted by Crippen LogP contribution is 2.23. The molecule has 0 bridgehead atoms. The molecule has 0 atom stereocenters. The molecule has 1 N–H and O–H groups in total. The summed E-state index contributed by atoms with van der Waals surface area (Å²) in [5, 5.41) is 3.09. The third-order valence-electron chi connectivity index (χ3n) is 4.29. The van der Waals surface area contributed by atoms with Gasteiger partial charge in [0.05, 0.1) is 0 Å². The van der Waals surface area contributed by atoms with Gasteiger partial charge in [0.25, 0.3) is 5.91 Å². The van der Waals surface area contributed by atoms with Crippen LogP contribution in [-0.4, -0.2) is 12.5 Å². The first-order valence-electron chi connectivity index (χ1n) is 7.85. The van der Waals surface area contributed by atoms with Crippen molar-refractivity contribution in [1.29, 1.82) is 0 Å². The number of nitrogens with one attached hydrogen (secondary N) is 1. The van der Waals surface area contributed by atoms with Crippen molar-refractivity contribution in [3.05, 3.63) is 35.4 Å². The summed E-state index contributed by atoms with van der Waals surface area (Å²) in [4.78, 5) is 12.1. The van der Waals surface area contributed by atoms with Crippen LogP contribution in [0.25, 0.3) is 0 Å². The maximum Gasteiger partial charge on any atom is 0.251 e. The lowest BCUT2D eigenvalue weighted by atomic mass is 9.86. The van der Waals surface area contributed by atoms with Crippen LogP contribution in [0.2, 0.25) is 0 Å². The van der Waals surface area contributed by atoms with Gasteiger partial charge in [0.1, 0.15) is 0 Å². The highest BCUT2D eigenvalue weighted by Gasteiger charge is 2.16. The zero-order valence-electron chi connectivity index (χ0n) is 13.0. The lowest BCUT2D eigenvalue weighted by Crippen LogP contribution is -2.30. The Kier molecular flexibility index (Phi) is 4.85. The van der Waals surface area contributed by atoms with Crippen LogP contribution in [0, 0.1) is 5.92 Å². The molecule has 0 aliphatic heterocycles. The van der Waals surface area contributed by atoms with Crippen LogP contribution in [0.5, 0.6) is 0 Å². The van der Waals surface area contributed by atoms with Crippen molar-refractivity contribution >= 4 is 5.91 Å². The van der Waals surface area contributed by atoms with Crippen LogP contribution in [-0.2, 0) is 5.41 Å². The van der Waals surface area contributed by atoms with Gasteiger partial charge in [-0.05, 0) is 41.9 Å². The zero-order chi connectivity index (χ0) is 14.6. The molecule has 1 aliphatic carbocycles. The topological polar surface area (TPSA) is 29.1 Å². The van der Waals surface area contributed by atoms with Crippen LogP contribution in [0.1, 0.15) is 68.8 Å². The molecule has 1 saturated carbocycles. The molecule has 0 unspecified atom stereocenters. The van der Waals surface area contributed by atoms with E-state index >= 15 is 0 Å². The average Bonchev–Trinajstić information content (AvgIpc) is 2.45. The van der Waals surface area contributed by atoms with Crippen LogP contribution in [0.4, 0.5) is 0 Å². The molecule has 0 aromatic heterocycles. The molecule has 0 radical (unpaired) electrons. The van der Waals surface area contributed by atoms with Gasteiger partial charge in [-0.3, -0.25) is 4.79 Å². The Morgan fingerprint density at radius 2 is 1.70 bits per heavy atom. The number of benzene rings is 1. The van der Waals surface area contributed by atoms with Crippen LogP contribution in [0.3, 0.4) is 0 Å². The summed E-state index contributed by atoms with van der Waals surface area (Å²) in [6.07, 6.45) is 6.53. The summed E-state index contributed by atoms with van der Waals surface area (Å²) in [7, 11) is 0. The lowest BCUT2D eigenvalue weighted by molar-refractivity contribution is 0.0943. The van der Waals surface area contributed by atoms with Crippen molar-refractivity contribution in [2.24, 2.45) is 5.92 Å². The second-order valence-corrected chi connectivity index (χ2v) is 7.04. The summed E-state index contributed by atoms with van der Waals surface area (Å²) >= 11 is 0. The van der Waals surface area contributed by atoms with Gasteiger partial charge in [0.2, 0.25) is 0 Å². The Labute approximate surface area is 123 Å². The molecule has 0 heterocycles. The first kappa shape index (κ1) is 15.1. The molecule has 1 aliphatic rings. The zero-order valence-corrected chi connectivity index (χ0v) is 13.0. The Morgan fingerprint density at radius 1 is 1.10 bits per heavy atom. The predicted molar refractivity (Wildman–Crippen MR) is 84.1 cm³/mol. The SMILES string of the molecule is CC(C)(C)c1ccc(C(=O)NCC2CCCCC2)cc1. The smallest absolute Gasteiger partial charge is 0.251 e. The summed E-state index contributed by atoms with van der Waals surface area (Å²) < 4.78 is 0. The van der Waals surface area contributed by atoms with Crippen molar-refractivity contribution in [3.63, 3.8) is 0 Å². The maximum absolute atomic E-state index is 12.1. The lowest BCUT2D eigenvalue weighted by Gasteiger charge is -2.22. The summed E-state index contributed by atoms with van der Waals surface area (Å²) in [5.74, 6) is 0.748. The number of carbonyl (C=O) groups excluding carboxylic acids is 1. The van der Waals surface area contributed by atoms with E-state index in [9.17, 15) is 4.79 Å². The monoisotopic (exact) mass is 273 g/mol. The van der Waals surface area contributed by atoms with Crippen molar-refractivity contribution in [2.75, 3.05) is 6.54 Å². The van der Waals surface area contributed by atoms with E-state index in [0.717, 1.165) is 12.1 Å². The summed E-state index contributed by atoms with van der Waals surface area (Å²) in [6.45, 7) is 7.39. The van der Waals surface area contributed by atoms with E-state index in [1.807, 2.05) is 12.1 Å². The predicted octanol–water partition coefficient (Wildman–Crippen LogP) is 4.29. The van der Waals surface area contributed by atoms with Crippen LogP contribution < -0.4 is 5.32 Å². The van der Waals surface area contributed by atoms with Gasteiger partial charge in [0.15, 0.2) is 0 Å². The minimum Gasteiger partial charge on any atom is -0.352 e. The second-order valence-electron chi connectivity index (χ2n) is 7.04. The molecule has 0 spiro atoms. The standard InChI is InChI=1S/C18H27NO/c1-18(2,3)16-11-9-15(10-12-16)17(20)19-13-14-7-5-4-6-8-14/h9-12,14H,4-8,13H2,1-3H3,(H,19,20). The molecule has 1 aromatic rings. The quantitative estimate of drug-likeness (QED) is 0.874. The fraction of sp³-hybridized carbons (Fsp3) is 0.611.